The van der Waals surface area contributed by atoms with E-state index in [2.05, 4.69) is 10.2 Å². The van der Waals surface area contributed by atoms with Gasteiger partial charge in [0.15, 0.2) is 5.78 Å². The van der Waals surface area contributed by atoms with Crippen molar-refractivity contribution in [1.29, 1.82) is 0 Å². The number of hydrogen-bond donors (Lipinski definition) is 1. The van der Waals surface area contributed by atoms with Crippen LogP contribution in [0.2, 0.25) is 5.02 Å². The molecule has 1 N–H and O–H groups in total. The molecule has 0 aromatic heterocycles. The van der Waals surface area contributed by atoms with Crippen molar-refractivity contribution < 1.29 is 33.4 Å². The van der Waals surface area contributed by atoms with E-state index < -0.39 is 36.4 Å². The van der Waals surface area contributed by atoms with Gasteiger partial charge >= 0.3 is 18.2 Å². The molecule has 10 heteroatoms. The van der Waals surface area contributed by atoms with Crippen molar-refractivity contribution in [3.63, 3.8) is 0 Å². The summed E-state index contributed by atoms with van der Waals surface area (Å²) in [5.74, 6) is -1.39. The molecule has 1 unspecified atom stereocenters. The first-order chi connectivity index (χ1) is 12.8. The van der Waals surface area contributed by atoms with Crippen LogP contribution in [0.5, 0.6) is 0 Å². The van der Waals surface area contributed by atoms with Gasteiger partial charge in [0.1, 0.15) is 6.04 Å². The summed E-state index contributed by atoms with van der Waals surface area (Å²) in [6.07, 6.45) is -2.52. The van der Waals surface area contributed by atoms with Gasteiger partial charge in [-0.2, -0.15) is 0 Å². The number of carbonyl (C=O) groups excluding carboxylic acids is 4. The van der Waals surface area contributed by atoms with E-state index in [4.69, 9.17) is 21.1 Å². The number of hydrazine groups is 1. The first kappa shape index (κ1) is 22.2. The average Bonchev–Trinajstić information content (AvgIpc) is 2.64. The van der Waals surface area contributed by atoms with Gasteiger partial charge in [0.2, 0.25) is 0 Å². The van der Waals surface area contributed by atoms with Gasteiger partial charge in [0, 0.05) is 10.6 Å². The third kappa shape index (κ3) is 6.78. The monoisotopic (exact) mass is 400 g/mol. The molecular formula is C17H21ClN2O7. The number of methoxy groups -OCH3 is 1. The maximum absolute atomic E-state index is 12.9. The van der Waals surface area contributed by atoms with E-state index in [-0.39, 0.29) is 18.8 Å². The number of hydrogen-bond acceptors (Lipinski definition) is 7. The molecule has 1 atom stereocenters. The lowest BCUT2D eigenvalue weighted by atomic mass is 10.0. The molecule has 0 aliphatic heterocycles. The van der Waals surface area contributed by atoms with Gasteiger partial charge in [0.05, 0.1) is 26.7 Å². The Morgan fingerprint density at radius 3 is 2.19 bits per heavy atom. The van der Waals surface area contributed by atoms with Crippen molar-refractivity contribution in [3.05, 3.63) is 34.9 Å². The second-order valence-corrected chi connectivity index (χ2v) is 5.50. The Morgan fingerprint density at radius 2 is 1.67 bits per heavy atom. The summed E-state index contributed by atoms with van der Waals surface area (Å²) in [5.41, 5.74) is 2.31. The van der Waals surface area contributed by atoms with E-state index in [9.17, 15) is 19.2 Å². The van der Waals surface area contributed by atoms with Crippen LogP contribution in [0, 0.1) is 0 Å². The molecule has 0 radical (unpaired) electrons. The molecule has 0 aliphatic carbocycles. The van der Waals surface area contributed by atoms with Crippen LogP contribution in [0.3, 0.4) is 0 Å². The van der Waals surface area contributed by atoms with Crippen molar-refractivity contribution in [1.82, 2.24) is 10.4 Å². The van der Waals surface area contributed by atoms with Crippen molar-refractivity contribution in [2.75, 3.05) is 20.3 Å². The minimum absolute atomic E-state index is 0.0140. The predicted octanol–water partition coefficient (Wildman–Crippen LogP) is 2.57. The highest BCUT2D eigenvalue weighted by molar-refractivity contribution is 6.30. The molecule has 0 spiro atoms. The number of ketones is 1. The molecule has 2 amide bonds. The number of benzene rings is 1. The number of amides is 2. The van der Waals surface area contributed by atoms with Crippen molar-refractivity contribution in [2.45, 2.75) is 26.3 Å². The first-order valence-electron chi connectivity index (χ1n) is 8.09. The Bertz CT molecular complexity index is 678. The van der Waals surface area contributed by atoms with Gasteiger partial charge in [-0.1, -0.05) is 11.6 Å². The Balaban J connectivity index is 3.24. The molecule has 0 heterocycles. The fourth-order valence-corrected chi connectivity index (χ4v) is 2.18. The topological polar surface area (TPSA) is 111 Å². The summed E-state index contributed by atoms with van der Waals surface area (Å²) in [6, 6.07) is 4.42. The fourth-order valence-electron chi connectivity index (χ4n) is 2.05. The van der Waals surface area contributed by atoms with Gasteiger partial charge in [-0.25, -0.2) is 20.0 Å². The van der Waals surface area contributed by atoms with E-state index in [1.54, 1.807) is 13.8 Å². The van der Waals surface area contributed by atoms with E-state index in [0.717, 1.165) is 7.11 Å². The zero-order valence-corrected chi connectivity index (χ0v) is 15.9. The molecule has 0 saturated carbocycles. The van der Waals surface area contributed by atoms with Crippen LogP contribution in [0.4, 0.5) is 9.59 Å². The minimum Gasteiger partial charge on any atom is -0.469 e. The third-order valence-corrected chi connectivity index (χ3v) is 3.53. The SMILES string of the molecule is CCOC(=O)NN(C(=O)OCC)C(CC(=O)OC)C(=O)c1ccc(Cl)cc1. The standard InChI is InChI=1S/C17H21ClN2O7/c1-4-26-16(23)19-20(17(24)27-5-2)13(10-14(21)25-3)15(22)11-6-8-12(18)9-7-11/h6-9,13H,4-5,10H2,1-3H3,(H,19,23). The maximum atomic E-state index is 12.9. The van der Waals surface area contributed by atoms with Gasteiger partial charge in [-0.3, -0.25) is 9.59 Å². The van der Waals surface area contributed by atoms with Gasteiger partial charge in [-0.15, -0.1) is 0 Å². The number of rotatable bonds is 7. The van der Waals surface area contributed by atoms with Gasteiger partial charge in [-0.05, 0) is 38.1 Å². The van der Waals surface area contributed by atoms with Crippen LogP contribution in [0.25, 0.3) is 0 Å². The Morgan fingerprint density at radius 1 is 1.07 bits per heavy atom. The van der Waals surface area contributed by atoms with Gasteiger partial charge in [0.25, 0.3) is 0 Å². The highest BCUT2D eigenvalue weighted by Gasteiger charge is 2.35. The summed E-state index contributed by atoms with van der Waals surface area (Å²) >= 11 is 5.82. The van der Waals surface area contributed by atoms with Crippen LogP contribution in [0.15, 0.2) is 24.3 Å². The van der Waals surface area contributed by atoms with Crippen molar-refractivity contribution in [3.8, 4) is 0 Å². The highest BCUT2D eigenvalue weighted by Crippen LogP contribution is 2.16. The molecule has 0 saturated heterocycles. The van der Waals surface area contributed by atoms with Crippen LogP contribution in [-0.4, -0.2) is 55.3 Å². The largest absolute Gasteiger partial charge is 0.469 e. The molecule has 1 aromatic rings. The molecule has 148 valence electrons. The van der Waals surface area contributed by atoms with E-state index >= 15 is 0 Å². The number of halogens is 1. The number of nitrogens with zero attached hydrogens (tertiary/aromatic N) is 1. The number of nitrogens with one attached hydrogen (secondary N) is 1. The third-order valence-electron chi connectivity index (χ3n) is 3.28. The van der Waals surface area contributed by atoms with Crippen molar-refractivity contribution in [2.24, 2.45) is 0 Å². The summed E-state index contributed by atoms with van der Waals surface area (Å²) in [5, 5.41) is 1.03. The number of carbonyl (C=O) groups is 4. The molecule has 9 nitrogen and oxygen atoms in total. The summed E-state index contributed by atoms with van der Waals surface area (Å²) in [4.78, 5) is 48.8. The second kappa shape index (κ2) is 11.0. The summed E-state index contributed by atoms with van der Waals surface area (Å²) in [6.45, 7) is 3.14. The number of esters is 1. The molecule has 0 aliphatic rings. The lowest BCUT2D eigenvalue weighted by Crippen LogP contribution is -2.55. The quantitative estimate of drug-likeness (QED) is 0.324. The van der Waals surface area contributed by atoms with Gasteiger partial charge < -0.3 is 14.2 Å². The number of Topliss-reactive ketones (excluding diaryl/α,β-unsaturated/α-hetero) is 1. The normalized spacial score (nSPS) is 11.1. The number of ether oxygens (including phenoxy) is 3. The van der Waals surface area contributed by atoms with E-state index in [1.807, 2.05) is 0 Å². The second-order valence-electron chi connectivity index (χ2n) is 5.07. The smallest absolute Gasteiger partial charge is 0.429 e. The fraction of sp³-hybridized carbons (Fsp3) is 0.412. The maximum Gasteiger partial charge on any atom is 0.429 e. The van der Waals surface area contributed by atoms with Crippen LogP contribution < -0.4 is 5.43 Å². The summed E-state index contributed by atoms with van der Waals surface area (Å²) < 4.78 is 14.2. The zero-order valence-electron chi connectivity index (χ0n) is 15.2. The molecule has 1 aromatic carbocycles. The Labute approximate surface area is 161 Å². The Hall–Kier alpha value is -2.81. The molecule has 27 heavy (non-hydrogen) atoms. The highest BCUT2D eigenvalue weighted by atomic mass is 35.5. The Kier molecular flexibility index (Phi) is 9.07. The molecule has 0 bridgehead atoms. The van der Waals surface area contributed by atoms with Crippen LogP contribution in [0.1, 0.15) is 30.6 Å². The first-order valence-corrected chi connectivity index (χ1v) is 8.47. The van der Waals surface area contributed by atoms with Crippen LogP contribution in [-0.2, 0) is 19.0 Å². The predicted molar refractivity (Wildman–Crippen MR) is 95.2 cm³/mol. The molecular weight excluding hydrogens is 380 g/mol. The molecule has 1 rings (SSSR count). The van der Waals surface area contributed by atoms with E-state index in [0.29, 0.717) is 10.0 Å². The minimum atomic E-state index is -1.41. The average molecular weight is 401 g/mol. The van der Waals surface area contributed by atoms with E-state index in [1.165, 1.54) is 24.3 Å². The summed E-state index contributed by atoms with van der Waals surface area (Å²) in [7, 11) is 1.14. The lowest BCUT2D eigenvalue weighted by Gasteiger charge is -2.29. The zero-order chi connectivity index (χ0) is 20.4. The lowest BCUT2D eigenvalue weighted by molar-refractivity contribution is -0.141. The van der Waals surface area contributed by atoms with Crippen molar-refractivity contribution >= 4 is 35.5 Å². The van der Waals surface area contributed by atoms with Crippen LogP contribution >= 0.6 is 11.6 Å². The molecule has 0 fully saturated rings.